The highest BCUT2D eigenvalue weighted by Crippen LogP contribution is 2.25. The average Bonchev–Trinajstić information content (AvgIpc) is 2.88. The quantitative estimate of drug-likeness (QED) is 0.708. The van der Waals surface area contributed by atoms with E-state index in [4.69, 9.17) is 0 Å². The van der Waals surface area contributed by atoms with Gasteiger partial charge in [-0.3, -0.25) is 9.48 Å². The summed E-state index contributed by atoms with van der Waals surface area (Å²) in [7, 11) is 1.85. The molecule has 0 fully saturated rings. The molecule has 0 aliphatic carbocycles. The van der Waals surface area contributed by atoms with Gasteiger partial charge in [-0.15, -0.1) is 12.4 Å². The molecule has 0 saturated heterocycles. The second-order valence-electron chi connectivity index (χ2n) is 7.04. The van der Waals surface area contributed by atoms with Gasteiger partial charge >= 0.3 is 0 Å². The van der Waals surface area contributed by atoms with Crippen LogP contribution >= 0.6 is 12.4 Å². The monoisotopic (exact) mass is 396 g/mol. The van der Waals surface area contributed by atoms with Crippen molar-refractivity contribution in [1.82, 2.24) is 15.1 Å². The Morgan fingerprint density at radius 1 is 1.07 bits per heavy atom. The van der Waals surface area contributed by atoms with Gasteiger partial charge in [0.25, 0.3) is 5.91 Å². The Bertz CT molecular complexity index is 996. The molecule has 1 aliphatic heterocycles. The van der Waals surface area contributed by atoms with Crippen molar-refractivity contribution in [1.29, 1.82) is 0 Å². The number of hydrogen-bond acceptors (Lipinski definition) is 3. The summed E-state index contributed by atoms with van der Waals surface area (Å²) in [6, 6.07) is 16.1. The maximum Gasteiger partial charge on any atom is 0.256 e. The van der Waals surface area contributed by atoms with Crippen LogP contribution in [0.3, 0.4) is 0 Å². The topological polar surface area (TPSA) is 59.0 Å². The van der Waals surface area contributed by atoms with Crippen molar-refractivity contribution < 1.29 is 4.79 Å². The molecule has 1 aliphatic rings. The van der Waals surface area contributed by atoms with E-state index in [-0.39, 0.29) is 18.3 Å². The minimum Gasteiger partial charge on any atom is -0.316 e. The summed E-state index contributed by atoms with van der Waals surface area (Å²) < 4.78 is 1.72. The van der Waals surface area contributed by atoms with Gasteiger partial charge in [-0.1, -0.05) is 30.3 Å². The first-order valence-corrected chi connectivity index (χ1v) is 9.36. The van der Waals surface area contributed by atoms with Crippen LogP contribution in [0.1, 0.15) is 27.0 Å². The van der Waals surface area contributed by atoms with E-state index in [1.54, 1.807) is 4.68 Å². The van der Waals surface area contributed by atoms with Crippen molar-refractivity contribution in [2.45, 2.75) is 19.8 Å². The molecule has 5 nitrogen and oxygen atoms in total. The molecule has 2 aromatic carbocycles. The maximum absolute atomic E-state index is 12.8. The largest absolute Gasteiger partial charge is 0.316 e. The third kappa shape index (κ3) is 4.11. The van der Waals surface area contributed by atoms with E-state index in [0.717, 1.165) is 42.8 Å². The van der Waals surface area contributed by atoms with Crippen LogP contribution in [-0.2, 0) is 19.9 Å². The molecule has 1 aromatic heterocycles. The van der Waals surface area contributed by atoms with Crippen LogP contribution in [0.2, 0.25) is 0 Å². The minimum atomic E-state index is -0.102. The van der Waals surface area contributed by atoms with Gasteiger partial charge in [0.15, 0.2) is 0 Å². The standard InChI is InChI=1S/C22H24N4O.ClH/c1-15-5-3-4-6-19(15)20-14-21(26(2)25-20)24-22(27)18-8-7-16-9-11-23-12-10-17(16)13-18;/h3-8,13-14,23H,9-12H2,1-2H3,(H,24,27);1H. The summed E-state index contributed by atoms with van der Waals surface area (Å²) in [5.74, 6) is 0.587. The second-order valence-corrected chi connectivity index (χ2v) is 7.04. The predicted octanol–water partition coefficient (Wildman–Crippen LogP) is 3.76. The molecule has 0 spiro atoms. The van der Waals surface area contributed by atoms with Gasteiger partial charge in [-0.05, 0) is 61.7 Å². The lowest BCUT2D eigenvalue weighted by atomic mass is 10.00. The number of aryl methyl sites for hydroxylation is 2. The fourth-order valence-corrected chi connectivity index (χ4v) is 3.58. The van der Waals surface area contributed by atoms with E-state index in [0.29, 0.717) is 11.4 Å². The number of anilines is 1. The summed E-state index contributed by atoms with van der Waals surface area (Å²) in [4.78, 5) is 12.8. The maximum atomic E-state index is 12.8. The zero-order chi connectivity index (χ0) is 18.8. The summed E-state index contributed by atoms with van der Waals surface area (Å²) in [6.07, 6.45) is 1.97. The fourth-order valence-electron chi connectivity index (χ4n) is 3.58. The van der Waals surface area contributed by atoms with E-state index < -0.39 is 0 Å². The average molecular weight is 397 g/mol. The van der Waals surface area contributed by atoms with Crippen LogP contribution in [0.15, 0.2) is 48.5 Å². The number of fused-ring (bicyclic) bond motifs is 1. The highest BCUT2D eigenvalue weighted by atomic mass is 35.5. The molecular weight excluding hydrogens is 372 g/mol. The Morgan fingerprint density at radius 3 is 2.61 bits per heavy atom. The zero-order valence-electron chi connectivity index (χ0n) is 16.2. The van der Waals surface area contributed by atoms with Gasteiger partial charge in [0, 0.05) is 24.2 Å². The van der Waals surface area contributed by atoms with Crippen molar-refractivity contribution in [2.75, 3.05) is 18.4 Å². The van der Waals surface area contributed by atoms with Crippen molar-refractivity contribution in [2.24, 2.45) is 7.05 Å². The molecule has 3 aromatic rings. The number of benzene rings is 2. The van der Waals surface area contributed by atoms with Crippen LogP contribution in [0.4, 0.5) is 5.82 Å². The highest BCUT2D eigenvalue weighted by Gasteiger charge is 2.15. The van der Waals surface area contributed by atoms with Gasteiger partial charge in [0.1, 0.15) is 5.82 Å². The second kappa shape index (κ2) is 8.59. The molecule has 4 rings (SSSR count). The fraction of sp³-hybridized carbons (Fsp3) is 0.273. The van der Waals surface area contributed by atoms with Gasteiger partial charge in [-0.2, -0.15) is 5.10 Å². The molecule has 0 bridgehead atoms. The van der Waals surface area contributed by atoms with E-state index >= 15 is 0 Å². The smallest absolute Gasteiger partial charge is 0.256 e. The van der Waals surface area contributed by atoms with E-state index in [9.17, 15) is 4.79 Å². The highest BCUT2D eigenvalue weighted by molar-refractivity contribution is 6.04. The Kier molecular flexibility index (Phi) is 6.17. The van der Waals surface area contributed by atoms with Crippen LogP contribution in [0.25, 0.3) is 11.3 Å². The minimum absolute atomic E-state index is 0. The molecule has 0 unspecified atom stereocenters. The first-order valence-electron chi connectivity index (χ1n) is 9.36. The zero-order valence-corrected chi connectivity index (χ0v) is 17.0. The molecule has 0 radical (unpaired) electrons. The molecule has 146 valence electrons. The normalized spacial score (nSPS) is 13.2. The first kappa shape index (κ1) is 20.1. The summed E-state index contributed by atoms with van der Waals surface area (Å²) in [5.41, 5.74) is 6.38. The van der Waals surface area contributed by atoms with Crippen molar-refractivity contribution in [3.8, 4) is 11.3 Å². The number of halogens is 1. The predicted molar refractivity (Wildman–Crippen MR) is 115 cm³/mol. The van der Waals surface area contributed by atoms with Gasteiger partial charge in [-0.25, -0.2) is 0 Å². The molecule has 2 N–H and O–H groups in total. The number of carbonyl (C=O) groups is 1. The Balaban J connectivity index is 0.00000225. The number of hydrogen-bond donors (Lipinski definition) is 2. The number of amides is 1. The number of nitrogens with one attached hydrogen (secondary N) is 2. The van der Waals surface area contributed by atoms with Gasteiger partial charge in [0.2, 0.25) is 0 Å². The summed E-state index contributed by atoms with van der Waals surface area (Å²) in [6.45, 7) is 4.02. The first-order chi connectivity index (χ1) is 13.1. The molecule has 0 saturated carbocycles. The number of nitrogens with zero attached hydrogens (tertiary/aromatic N) is 2. The van der Waals surface area contributed by atoms with Gasteiger partial charge < -0.3 is 10.6 Å². The molecule has 6 heteroatoms. The SMILES string of the molecule is Cc1ccccc1-c1cc(NC(=O)c2ccc3c(c2)CCNCC3)n(C)n1.Cl. The lowest BCUT2D eigenvalue weighted by Crippen LogP contribution is -2.16. The van der Waals surface area contributed by atoms with Crippen molar-refractivity contribution >= 4 is 24.1 Å². The number of rotatable bonds is 3. The number of aromatic nitrogens is 2. The van der Waals surface area contributed by atoms with Crippen LogP contribution in [-0.4, -0.2) is 28.8 Å². The molecule has 1 amide bonds. The third-order valence-corrected chi connectivity index (χ3v) is 5.15. The van der Waals surface area contributed by atoms with E-state index in [1.807, 2.05) is 43.4 Å². The lowest BCUT2D eigenvalue weighted by molar-refractivity contribution is 0.102. The summed E-state index contributed by atoms with van der Waals surface area (Å²) in [5, 5.41) is 11.0. The Morgan fingerprint density at radius 2 is 1.82 bits per heavy atom. The molecule has 28 heavy (non-hydrogen) atoms. The molecular formula is C22H25ClN4O. The lowest BCUT2D eigenvalue weighted by Gasteiger charge is -2.09. The third-order valence-electron chi connectivity index (χ3n) is 5.15. The Hall–Kier alpha value is -2.63. The molecule has 2 heterocycles. The van der Waals surface area contributed by atoms with Crippen molar-refractivity contribution in [3.05, 3.63) is 70.8 Å². The summed E-state index contributed by atoms with van der Waals surface area (Å²) >= 11 is 0. The van der Waals surface area contributed by atoms with Crippen LogP contribution < -0.4 is 10.6 Å². The van der Waals surface area contributed by atoms with Gasteiger partial charge in [0.05, 0.1) is 5.69 Å². The van der Waals surface area contributed by atoms with Crippen LogP contribution in [0.5, 0.6) is 0 Å². The molecule has 0 atom stereocenters. The number of carbonyl (C=O) groups excluding carboxylic acids is 1. The Labute approximate surface area is 171 Å². The van der Waals surface area contributed by atoms with Crippen molar-refractivity contribution in [3.63, 3.8) is 0 Å². The van der Waals surface area contributed by atoms with E-state index in [2.05, 4.69) is 34.8 Å². The van der Waals surface area contributed by atoms with E-state index in [1.165, 1.54) is 11.1 Å². The van der Waals surface area contributed by atoms with Crippen LogP contribution in [0, 0.1) is 6.92 Å².